The number of benzene rings is 1. The summed E-state index contributed by atoms with van der Waals surface area (Å²) in [6.07, 6.45) is -0.527. The minimum atomic E-state index is -1.17. The van der Waals surface area contributed by atoms with Crippen molar-refractivity contribution in [1.82, 2.24) is 0 Å². The lowest BCUT2D eigenvalue weighted by Gasteiger charge is -2.18. The Balaban J connectivity index is 3.03. The zero-order valence-electron chi connectivity index (χ0n) is 10.7. The van der Waals surface area contributed by atoms with Crippen molar-refractivity contribution in [1.29, 1.82) is 0 Å². The van der Waals surface area contributed by atoms with Crippen LogP contribution in [0.4, 0.5) is 0 Å². The second kappa shape index (κ2) is 6.99. The summed E-state index contributed by atoms with van der Waals surface area (Å²) >= 11 is 5.92. The first-order chi connectivity index (χ1) is 9.01. The van der Waals surface area contributed by atoms with Crippen LogP contribution in [-0.4, -0.2) is 29.8 Å². The lowest BCUT2D eigenvalue weighted by molar-refractivity contribution is -0.151. The summed E-state index contributed by atoms with van der Waals surface area (Å²) in [6.45, 7) is 3.65. The molecule has 1 unspecified atom stereocenters. The standard InChI is InChI=1S/C13H15ClO5/c1-3-10(13(17)18-4-2)19-11-8(12(15)16)6-5-7-9(11)14/h5-7,10H,3-4H2,1-2H3,(H,15,16). The van der Waals surface area contributed by atoms with Gasteiger partial charge in [-0.05, 0) is 25.5 Å². The Bertz CT molecular complexity index is 472. The first-order valence-corrected chi connectivity index (χ1v) is 6.24. The van der Waals surface area contributed by atoms with Crippen LogP contribution >= 0.6 is 11.6 Å². The quantitative estimate of drug-likeness (QED) is 0.814. The van der Waals surface area contributed by atoms with Crippen LogP contribution in [0.5, 0.6) is 5.75 Å². The fourth-order valence-corrected chi connectivity index (χ4v) is 1.69. The third kappa shape index (κ3) is 3.86. The van der Waals surface area contributed by atoms with E-state index in [0.717, 1.165) is 0 Å². The van der Waals surface area contributed by atoms with Crippen molar-refractivity contribution in [2.75, 3.05) is 6.61 Å². The number of ether oxygens (including phenoxy) is 2. The smallest absolute Gasteiger partial charge is 0.347 e. The van der Waals surface area contributed by atoms with Gasteiger partial charge in [-0.2, -0.15) is 0 Å². The maximum atomic E-state index is 11.6. The van der Waals surface area contributed by atoms with Gasteiger partial charge in [0.15, 0.2) is 11.9 Å². The van der Waals surface area contributed by atoms with Crippen LogP contribution < -0.4 is 4.74 Å². The summed E-state index contributed by atoms with van der Waals surface area (Å²) in [4.78, 5) is 22.7. The van der Waals surface area contributed by atoms with Gasteiger partial charge >= 0.3 is 11.9 Å². The molecule has 0 heterocycles. The zero-order chi connectivity index (χ0) is 14.4. The molecule has 1 atom stereocenters. The molecule has 1 rings (SSSR count). The molecule has 19 heavy (non-hydrogen) atoms. The first kappa shape index (κ1) is 15.3. The summed E-state index contributed by atoms with van der Waals surface area (Å²) in [7, 11) is 0. The molecule has 0 aliphatic rings. The molecule has 0 aliphatic carbocycles. The van der Waals surface area contributed by atoms with Crippen LogP contribution in [0.25, 0.3) is 0 Å². The zero-order valence-corrected chi connectivity index (χ0v) is 11.4. The lowest BCUT2D eigenvalue weighted by atomic mass is 10.2. The molecule has 0 radical (unpaired) electrons. The Hall–Kier alpha value is -1.75. The van der Waals surface area contributed by atoms with E-state index in [-0.39, 0.29) is 22.9 Å². The maximum absolute atomic E-state index is 11.6. The van der Waals surface area contributed by atoms with Crippen LogP contribution in [0.3, 0.4) is 0 Å². The molecular weight excluding hydrogens is 272 g/mol. The van der Waals surface area contributed by atoms with Gasteiger partial charge in [0.25, 0.3) is 0 Å². The van der Waals surface area contributed by atoms with Gasteiger partial charge in [0.1, 0.15) is 5.56 Å². The molecule has 1 aromatic carbocycles. The Morgan fingerprint density at radius 1 is 1.37 bits per heavy atom. The van der Waals surface area contributed by atoms with E-state index in [2.05, 4.69) is 0 Å². The molecule has 0 saturated heterocycles. The molecule has 0 aliphatic heterocycles. The van der Waals surface area contributed by atoms with E-state index >= 15 is 0 Å². The van der Waals surface area contributed by atoms with Gasteiger partial charge in [-0.3, -0.25) is 0 Å². The number of carboxylic acid groups (broad SMARTS) is 1. The topological polar surface area (TPSA) is 72.8 Å². The summed E-state index contributed by atoms with van der Waals surface area (Å²) in [5.74, 6) is -1.73. The van der Waals surface area contributed by atoms with E-state index in [9.17, 15) is 9.59 Å². The van der Waals surface area contributed by atoms with Crippen molar-refractivity contribution in [2.45, 2.75) is 26.4 Å². The summed E-state index contributed by atoms with van der Waals surface area (Å²) in [5, 5.41) is 9.20. The molecule has 1 N–H and O–H groups in total. The number of hydrogen-bond donors (Lipinski definition) is 1. The van der Waals surface area contributed by atoms with Gasteiger partial charge in [0, 0.05) is 0 Å². The van der Waals surface area contributed by atoms with Gasteiger partial charge < -0.3 is 14.6 Å². The highest BCUT2D eigenvalue weighted by Crippen LogP contribution is 2.30. The fourth-order valence-electron chi connectivity index (χ4n) is 1.47. The van der Waals surface area contributed by atoms with Crippen LogP contribution in [0.15, 0.2) is 18.2 Å². The van der Waals surface area contributed by atoms with Crippen LogP contribution in [-0.2, 0) is 9.53 Å². The lowest BCUT2D eigenvalue weighted by Crippen LogP contribution is -2.29. The van der Waals surface area contributed by atoms with E-state index in [0.29, 0.717) is 6.42 Å². The first-order valence-electron chi connectivity index (χ1n) is 5.86. The van der Waals surface area contributed by atoms with E-state index in [1.165, 1.54) is 18.2 Å². The monoisotopic (exact) mass is 286 g/mol. The molecule has 0 aromatic heterocycles. The predicted molar refractivity (Wildman–Crippen MR) is 69.8 cm³/mol. The molecule has 0 amide bonds. The Labute approximate surface area is 116 Å². The number of carbonyl (C=O) groups is 2. The van der Waals surface area contributed by atoms with Crippen molar-refractivity contribution < 1.29 is 24.2 Å². The molecule has 1 aromatic rings. The molecule has 5 nitrogen and oxygen atoms in total. The average molecular weight is 287 g/mol. The number of hydrogen-bond acceptors (Lipinski definition) is 4. The molecule has 104 valence electrons. The summed E-state index contributed by atoms with van der Waals surface area (Å²) < 4.78 is 10.3. The SMILES string of the molecule is CCOC(=O)C(CC)Oc1c(Cl)cccc1C(=O)O. The highest BCUT2D eigenvalue weighted by molar-refractivity contribution is 6.32. The number of carbonyl (C=O) groups excluding carboxylic acids is 1. The fraction of sp³-hybridized carbons (Fsp3) is 0.385. The van der Waals surface area contributed by atoms with E-state index < -0.39 is 18.0 Å². The molecule has 0 fully saturated rings. The number of aromatic carboxylic acids is 1. The molecule has 0 bridgehead atoms. The van der Waals surface area contributed by atoms with Gasteiger partial charge in [-0.15, -0.1) is 0 Å². The number of halogens is 1. The molecule has 0 saturated carbocycles. The van der Waals surface area contributed by atoms with E-state index in [1.54, 1.807) is 13.8 Å². The molecule has 6 heteroatoms. The minimum absolute atomic E-state index is 0.0171. The Kier molecular flexibility index (Phi) is 5.63. The van der Waals surface area contributed by atoms with Crippen molar-refractivity contribution in [3.05, 3.63) is 28.8 Å². The maximum Gasteiger partial charge on any atom is 0.347 e. The van der Waals surface area contributed by atoms with Crippen LogP contribution in [0.1, 0.15) is 30.6 Å². The number of para-hydroxylation sites is 1. The van der Waals surface area contributed by atoms with Crippen molar-refractivity contribution in [3.63, 3.8) is 0 Å². The third-order valence-corrected chi connectivity index (χ3v) is 2.68. The minimum Gasteiger partial charge on any atom is -0.478 e. The summed E-state index contributed by atoms with van der Waals surface area (Å²) in [5.41, 5.74) is -0.0877. The number of esters is 1. The predicted octanol–water partition coefficient (Wildman–Crippen LogP) is 2.76. The van der Waals surface area contributed by atoms with Crippen LogP contribution in [0, 0.1) is 0 Å². The summed E-state index contributed by atoms with van der Waals surface area (Å²) in [6, 6.07) is 4.37. The number of rotatable bonds is 6. The van der Waals surface area contributed by atoms with Crippen molar-refractivity contribution in [3.8, 4) is 5.75 Å². The number of carboxylic acids is 1. The second-order valence-corrected chi connectivity index (χ2v) is 4.10. The normalized spacial score (nSPS) is 11.7. The average Bonchev–Trinajstić information content (AvgIpc) is 2.37. The second-order valence-electron chi connectivity index (χ2n) is 3.69. The highest BCUT2D eigenvalue weighted by atomic mass is 35.5. The highest BCUT2D eigenvalue weighted by Gasteiger charge is 2.24. The molecule has 0 spiro atoms. The van der Waals surface area contributed by atoms with Crippen molar-refractivity contribution in [2.24, 2.45) is 0 Å². The largest absolute Gasteiger partial charge is 0.478 e. The third-order valence-electron chi connectivity index (χ3n) is 2.38. The van der Waals surface area contributed by atoms with Crippen molar-refractivity contribution >= 4 is 23.5 Å². The van der Waals surface area contributed by atoms with E-state index in [4.69, 9.17) is 26.2 Å². The molecular formula is C13H15ClO5. The Morgan fingerprint density at radius 3 is 2.58 bits per heavy atom. The van der Waals surface area contributed by atoms with Crippen LogP contribution in [0.2, 0.25) is 5.02 Å². The Morgan fingerprint density at radius 2 is 2.05 bits per heavy atom. The van der Waals surface area contributed by atoms with Gasteiger partial charge in [-0.1, -0.05) is 24.6 Å². The van der Waals surface area contributed by atoms with Gasteiger partial charge in [-0.25, -0.2) is 9.59 Å². The van der Waals surface area contributed by atoms with Gasteiger partial charge in [0.05, 0.1) is 11.6 Å². The van der Waals surface area contributed by atoms with Gasteiger partial charge in [0.2, 0.25) is 0 Å². The van der Waals surface area contributed by atoms with E-state index in [1.807, 2.05) is 0 Å².